The number of fused-ring (bicyclic) bond motifs is 1. The van der Waals surface area contributed by atoms with E-state index in [-0.39, 0.29) is 30.4 Å². The minimum absolute atomic E-state index is 0.0349. The molecule has 1 aromatic heterocycles. The number of para-hydroxylation sites is 1. The number of benzene rings is 1. The van der Waals surface area contributed by atoms with Gasteiger partial charge in [-0.05, 0) is 23.1 Å². The molecule has 0 bridgehead atoms. The van der Waals surface area contributed by atoms with Crippen LogP contribution in [0, 0.1) is 0 Å². The van der Waals surface area contributed by atoms with Crippen LogP contribution in [0.2, 0.25) is 0 Å². The van der Waals surface area contributed by atoms with Gasteiger partial charge >= 0.3 is 0 Å². The average molecular weight is 344 g/mol. The quantitative estimate of drug-likeness (QED) is 0.846. The molecule has 6 heteroatoms. The van der Waals surface area contributed by atoms with E-state index in [9.17, 15) is 9.59 Å². The molecule has 126 valence electrons. The predicted octanol–water partition coefficient (Wildman–Crippen LogP) is 2.44. The highest BCUT2D eigenvalue weighted by molar-refractivity contribution is 7.10. The molecular weight excluding hydrogens is 324 g/mol. The summed E-state index contributed by atoms with van der Waals surface area (Å²) in [6, 6.07) is 11.5. The molecule has 0 spiro atoms. The van der Waals surface area contributed by atoms with Crippen molar-refractivity contribution in [3.63, 3.8) is 0 Å². The first kappa shape index (κ1) is 16.5. The second-order valence-corrected chi connectivity index (χ2v) is 6.81. The van der Waals surface area contributed by atoms with Crippen molar-refractivity contribution in [2.24, 2.45) is 0 Å². The molecule has 5 nitrogen and oxygen atoms in total. The number of hydrogen-bond acceptors (Lipinski definition) is 4. The Morgan fingerprint density at radius 3 is 2.83 bits per heavy atom. The van der Waals surface area contributed by atoms with Crippen LogP contribution in [0.5, 0.6) is 5.75 Å². The van der Waals surface area contributed by atoms with E-state index in [0.717, 1.165) is 17.0 Å². The minimum atomic E-state index is -0.288. The van der Waals surface area contributed by atoms with Gasteiger partial charge in [0, 0.05) is 18.2 Å². The zero-order chi connectivity index (χ0) is 16.9. The summed E-state index contributed by atoms with van der Waals surface area (Å²) in [5.41, 5.74) is 1.17. The summed E-state index contributed by atoms with van der Waals surface area (Å²) in [6.45, 7) is 1.92. The van der Waals surface area contributed by atoms with E-state index in [1.165, 1.54) is 23.8 Å². The molecule has 0 radical (unpaired) electrons. The summed E-state index contributed by atoms with van der Waals surface area (Å²) in [5, 5.41) is 7.69. The Hall–Kier alpha value is -2.34. The van der Waals surface area contributed by atoms with Crippen LogP contribution in [0.3, 0.4) is 0 Å². The van der Waals surface area contributed by atoms with Gasteiger partial charge in [0.25, 0.3) is 0 Å². The van der Waals surface area contributed by atoms with Gasteiger partial charge in [0.15, 0.2) is 0 Å². The molecule has 1 aromatic carbocycles. The van der Waals surface area contributed by atoms with Gasteiger partial charge in [-0.1, -0.05) is 24.3 Å². The van der Waals surface area contributed by atoms with Crippen LogP contribution in [-0.4, -0.2) is 24.5 Å². The van der Waals surface area contributed by atoms with Crippen LogP contribution in [0.1, 0.15) is 29.8 Å². The first-order valence-corrected chi connectivity index (χ1v) is 8.81. The second kappa shape index (κ2) is 7.49. The highest BCUT2D eigenvalue weighted by atomic mass is 32.1. The molecule has 2 amide bonds. The van der Waals surface area contributed by atoms with Crippen molar-refractivity contribution in [1.82, 2.24) is 10.6 Å². The van der Waals surface area contributed by atoms with Gasteiger partial charge in [-0.25, -0.2) is 0 Å². The molecular formula is C18H20N2O3S. The van der Waals surface area contributed by atoms with Crippen molar-refractivity contribution < 1.29 is 14.3 Å². The number of hydrogen-bond donors (Lipinski definition) is 2. The van der Waals surface area contributed by atoms with E-state index in [0.29, 0.717) is 6.54 Å². The maximum absolute atomic E-state index is 12.2. The Morgan fingerprint density at radius 2 is 2.12 bits per heavy atom. The zero-order valence-electron chi connectivity index (χ0n) is 13.5. The van der Waals surface area contributed by atoms with Crippen molar-refractivity contribution in [2.75, 3.05) is 6.54 Å². The van der Waals surface area contributed by atoms with Crippen molar-refractivity contribution in [1.29, 1.82) is 0 Å². The van der Waals surface area contributed by atoms with Crippen LogP contribution in [0.4, 0.5) is 0 Å². The molecule has 0 saturated carbocycles. The molecule has 3 rings (SSSR count). The van der Waals surface area contributed by atoms with Gasteiger partial charge in [-0.2, -0.15) is 0 Å². The summed E-state index contributed by atoms with van der Waals surface area (Å²) in [7, 11) is 0. The first-order valence-electron chi connectivity index (χ1n) is 7.93. The molecule has 0 unspecified atom stereocenters. The van der Waals surface area contributed by atoms with Crippen LogP contribution in [0.25, 0.3) is 0 Å². The summed E-state index contributed by atoms with van der Waals surface area (Å²) < 4.78 is 5.82. The SMILES string of the molecule is CC(=O)N[C@H](CC(=O)NC[C@@H]1Cc2ccccc2O1)c1cccs1. The van der Waals surface area contributed by atoms with Crippen LogP contribution in [-0.2, 0) is 16.0 Å². The van der Waals surface area contributed by atoms with Crippen molar-refractivity contribution >= 4 is 23.2 Å². The highest BCUT2D eigenvalue weighted by Gasteiger charge is 2.24. The summed E-state index contributed by atoms with van der Waals surface area (Å²) in [4.78, 5) is 24.6. The normalized spacial score (nSPS) is 16.8. The number of ether oxygens (including phenoxy) is 1. The number of nitrogens with one attached hydrogen (secondary N) is 2. The minimum Gasteiger partial charge on any atom is -0.488 e. The largest absolute Gasteiger partial charge is 0.488 e. The fourth-order valence-electron chi connectivity index (χ4n) is 2.81. The highest BCUT2D eigenvalue weighted by Crippen LogP contribution is 2.28. The molecule has 2 heterocycles. The van der Waals surface area contributed by atoms with E-state index < -0.39 is 0 Å². The van der Waals surface area contributed by atoms with E-state index >= 15 is 0 Å². The molecule has 0 fully saturated rings. The lowest BCUT2D eigenvalue weighted by molar-refractivity contribution is -0.123. The lowest BCUT2D eigenvalue weighted by Gasteiger charge is -2.17. The lowest BCUT2D eigenvalue weighted by Crippen LogP contribution is -2.37. The standard InChI is InChI=1S/C18H20N2O3S/c1-12(21)20-15(17-7-4-8-24-17)10-18(22)19-11-14-9-13-5-2-3-6-16(13)23-14/h2-8,14-15H,9-11H2,1H3,(H,19,22)(H,20,21)/t14-,15+/m0/s1. The number of rotatable bonds is 6. The van der Waals surface area contributed by atoms with Crippen molar-refractivity contribution in [3.8, 4) is 5.75 Å². The van der Waals surface area contributed by atoms with E-state index in [1.54, 1.807) is 0 Å². The first-order chi connectivity index (χ1) is 11.6. The van der Waals surface area contributed by atoms with E-state index in [2.05, 4.69) is 10.6 Å². The second-order valence-electron chi connectivity index (χ2n) is 5.83. The van der Waals surface area contributed by atoms with E-state index in [1.807, 2.05) is 41.8 Å². The van der Waals surface area contributed by atoms with Crippen molar-refractivity contribution in [2.45, 2.75) is 31.9 Å². The third-order valence-electron chi connectivity index (χ3n) is 3.89. The summed E-state index contributed by atoms with van der Waals surface area (Å²) in [6.07, 6.45) is 0.989. The monoisotopic (exact) mass is 344 g/mol. The van der Waals surface area contributed by atoms with Crippen LogP contribution in [0.15, 0.2) is 41.8 Å². The Bertz CT molecular complexity index is 690. The summed E-state index contributed by atoms with van der Waals surface area (Å²) >= 11 is 1.53. The number of carbonyl (C=O) groups excluding carboxylic acids is 2. The molecule has 2 N–H and O–H groups in total. The maximum atomic E-state index is 12.2. The number of carbonyl (C=O) groups is 2. The van der Waals surface area contributed by atoms with Gasteiger partial charge in [-0.3, -0.25) is 9.59 Å². The Morgan fingerprint density at radius 1 is 1.29 bits per heavy atom. The van der Waals surface area contributed by atoms with Gasteiger partial charge in [-0.15, -0.1) is 11.3 Å². The summed E-state index contributed by atoms with van der Waals surface area (Å²) in [5.74, 6) is 0.656. The third kappa shape index (κ3) is 4.14. The van der Waals surface area contributed by atoms with Crippen molar-refractivity contribution in [3.05, 3.63) is 52.2 Å². The molecule has 0 saturated heterocycles. The molecule has 1 aliphatic heterocycles. The van der Waals surface area contributed by atoms with Gasteiger partial charge < -0.3 is 15.4 Å². The number of amides is 2. The fourth-order valence-corrected chi connectivity index (χ4v) is 3.59. The van der Waals surface area contributed by atoms with Gasteiger partial charge in [0.05, 0.1) is 19.0 Å². The third-order valence-corrected chi connectivity index (χ3v) is 4.88. The fraction of sp³-hybridized carbons (Fsp3) is 0.333. The lowest BCUT2D eigenvalue weighted by atomic mass is 10.1. The van der Waals surface area contributed by atoms with Crippen LogP contribution >= 0.6 is 11.3 Å². The molecule has 2 aromatic rings. The molecule has 0 aliphatic carbocycles. The molecule has 2 atom stereocenters. The van der Waals surface area contributed by atoms with E-state index in [4.69, 9.17) is 4.74 Å². The topological polar surface area (TPSA) is 67.4 Å². The van der Waals surface area contributed by atoms with Crippen LogP contribution < -0.4 is 15.4 Å². The average Bonchev–Trinajstić information content (AvgIpc) is 3.21. The Labute approximate surface area is 145 Å². The molecule has 24 heavy (non-hydrogen) atoms. The number of thiophene rings is 1. The predicted molar refractivity (Wildman–Crippen MR) is 93.1 cm³/mol. The van der Waals surface area contributed by atoms with Gasteiger partial charge in [0.2, 0.25) is 11.8 Å². The van der Waals surface area contributed by atoms with Gasteiger partial charge in [0.1, 0.15) is 11.9 Å². The Kier molecular flexibility index (Phi) is 5.15. The molecule has 1 aliphatic rings. The zero-order valence-corrected chi connectivity index (χ0v) is 14.3. The Balaban J connectivity index is 1.51. The maximum Gasteiger partial charge on any atom is 0.222 e. The smallest absolute Gasteiger partial charge is 0.222 e.